The molecule has 0 saturated heterocycles. The van der Waals surface area contributed by atoms with Crippen LogP contribution in [0.25, 0.3) is 0 Å². The zero-order valence-corrected chi connectivity index (χ0v) is 18.3. The van der Waals surface area contributed by atoms with Crippen molar-refractivity contribution < 1.29 is 13.3 Å². The molecule has 0 spiro atoms. The van der Waals surface area contributed by atoms with Crippen LogP contribution in [0.3, 0.4) is 0 Å². The maximum atomic E-state index is 12.2. The van der Waals surface area contributed by atoms with Gasteiger partial charge in [-0.3, -0.25) is 19.8 Å². The van der Waals surface area contributed by atoms with Crippen molar-refractivity contribution in [1.82, 2.24) is 30.1 Å². The minimum absolute atomic E-state index is 0. The summed E-state index contributed by atoms with van der Waals surface area (Å²) in [5.74, 6) is 1.18. The van der Waals surface area contributed by atoms with Gasteiger partial charge in [0, 0.05) is 39.3 Å². The van der Waals surface area contributed by atoms with E-state index in [9.17, 15) is 18.5 Å². The molecule has 0 fully saturated rings. The van der Waals surface area contributed by atoms with Crippen LogP contribution in [0.15, 0.2) is 40.5 Å². The molecule has 1 heterocycles. The zero-order valence-electron chi connectivity index (χ0n) is 15.2. The molecule has 12 nitrogen and oxygen atoms in total. The lowest BCUT2D eigenvalue weighted by Crippen LogP contribution is -2.41. The Labute approximate surface area is 179 Å². The van der Waals surface area contributed by atoms with Crippen LogP contribution in [0.5, 0.6) is 0 Å². The van der Waals surface area contributed by atoms with Gasteiger partial charge in [-0.05, 0) is 6.07 Å². The number of aliphatic imine (C=N–C) groups is 1. The third kappa shape index (κ3) is 6.68. The molecule has 0 aliphatic rings. The highest BCUT2D eigenvalue weighted by Gasteiger charge is 2.17. The van der Waals surface area contributed by atoms with Gasteiger partial charge in [0.2, 0.25) is 10.0 Å². The Hall–Kier alpha value is -2.33. The van der Waals surface area contributed by atoms with Crippen LogP contribution in [-0.2, 0) is 23.6 Å². The summed E-state index contributed by atoms with van der Waals surface area (Å²) < 4.78 is 28.4. The number of aryl methyl sites for hydroxylation is 1. The molecule has 1 aromatic carbocycles. The average molecular weight is 524 g/mol. The smallest absolute Gasteiger partial charge is 0.270 e. The number of sulfonamides is 1. The second-order valence-electron chi connectivity index (χ2n) is 5.30. The Balaban J connectivity index is 0.00000392. The zero-order chi connectivity index (χ0) is 19.9. The molecule has 3 N–H and O–H groups in total. The number of hydrogen-bond acceptors (Lipinski definition) is 7. The molecule has 2 rings (SSSR count). The van der Waals surface area contributed by atoms with E-state index in [0.29, 0.717) is 18.3 Å². The number of non-ortho nitro benzene ring substituents is 1. The molecule has 0 aliphatic heterocycles. The lowest BCUT2D eigenvalue weighted by Gasteiger charge is -2.12. The molecule has 1 aromatic heterocycles. The molecular weight excluding hydrogens is 503 g/mol. The molecule has 0 amide bonds. The normalized spacial score (nSPS) is 11.6. The molecule has 0 radical (unpaired) electrons. The van der Waals surface area contributed by atoms with Crippen molar-refractivity contribution in [2.75, 3.05) is 20.1 Å². The summed E-state index contributed by atoms with van der Waals surface area (Å²) in [7, 11) is -0.501. The number of rotatable bonds is 8. The molecule has 0 unspecified atom stereocenters. The Bertz CT molecular complexity index is 931. The molecule has 0 aliphatic carbocycles. The Morgan fingerprint density at radius 2 is 2.07 bits per heavy atom. The number of nitrogens with zero attached hydrogens (tertiary/aromatic N) is 5. The third-order valence-electron chi connectivity index (χ3n) is 3.49. The van der Waals surface area contributed by atoms with Crippen molar-refractivity contribution in [3.8, 4) is 0 Å². The van der Waals surface area contributed by atoms with Crippen molar-refractivity contribution in [1.29, 1.82) is 0 Å². The fraction of sp³-hybridized carbons (Fsp3) is 0.357. The first-order valence-corrected chi connectivity index (χ1v) is 9.33. The highest BCUT2D eigenvalue weighted by atomic mass is 127. The van der Waals surface area contributed by atoms with E-state index in [-0.39, 0.29) is 47.6 Å². The maximum Gasteiger partial charge on any atom is 0.270 e. The van der Waals surface area contributed by atoms with E-state index in [1.807, 2.05) is 0 Å². The van der Waals surface area contributed by atoms with Gasteiger partial charge in [0.15, 0.2) is 5.96 Å². The quantitative estimate of drug-likeness (QED) is 0.109. The van der Waals surface area contributed by atoms with Crippen LogP contribution >= 0.6 is 24.0 Å². The minimum atomic E-state index is -3.85. The monoisotopic (exact) mass is 524 g/mol. The van der Waals surface area contributed by atoms with Crippen LogP contribution < -0.4 is 15.4 Å². The van der Waals surface area contributed by atoms with Gasteiger partial charge in [0.05, 0.1) is 16.4 Å². The molecule has 0 saturated carbocycles. The molecule has 14 heteroatoms. The Morgan fingerprint density at radius 3 is 2.68 bits per heavy atom. The summed E-state index contributed by atoms with van der Waals surface area (Å²) in [6.45, 7) is 0.720. The Morgan fingerprint density at radius 1 is 1.32 bits per heavy atom. The van der Waals surface area contributed by atoms with Crippen LogP contribution in [0.4, 0.5) is 5.69 Å². The first-order chi connectivity index (χ1) is 12.8. The van der Waals surface area contributed by atoms with Crippen molar-refractivity contribution in [2.24, 2.45) is 12.0 Å². The average Bonchev–Trinajstić information content (AvgIpc) is 3.06. The number of halogens is 1. The van der Waals surface area contributed by atoms with Gasteiger partial charge in [-0.1, -0.05) is 6.07 Å². The van der Waals surface area contributed by atoms with Crippen molar-refractivity contribution >= 4 is 45.6 Å². The van der Waals surface area contributed by atoms with Gasteiger partial charge in [-0.2, -0.15) is 5.10 Å². The second kappa shape index (κ2) is 10.9. The molecule has 28 heavy (non-hydrogen) atoms. The van der Waals surface area contributed by atoms with Crippen LogP contribution in [0.2, 0.25) is 0 Å². The van der Waals surface area contributed by atoms with Crippen LogP contribution in [-0.4, -0.2) is 54.2 Å². The molecule has 154 valence electrons. The first-order valence-electron chi connectivity index (χ1n) is 7.85. The topological polar surface area (TPSA) is 156 Å². The van der Waals surface area contributed by atoms with Gasteiger partial charge >= 0.3 is 0 Å². The molecular formula is C14H21IN8O4S. The van der Waals surface area contributed by atoms with Gasteiger partial charge in [-0.15, -0.1) is 24.0 Å². The number of aromatic nitrogens is 3. The SMILES string of the molecule is CN=C(NCCNS(=O)(=O)c1cccc([N+](=O)[O-])c1)NCc1ncnn1C.I. The largest absolute Gasteiger partial charge is 0.355 e. The maximum absolute atomic E-state index is 12.2. The number of nitro groups is 1. The summed E-state index contributed by atoms with van der Waals surface area (Å²) in [5.41, 5.74) is -0.288. The van der Waals surface area contributed by atoms with Gasteiger partial charge < -0.3 is 10.6 Å². The number of nitro benzene ring substituents is 1. The van der Waals surface area contributed by atoms with Crippen molar-refractivity contribution in [2.45, 2.75) is 11.4 Å². The highest BCUT2D eigenvalue weighted by Crippen LogP contribution is 2.16. The van der Waals surface area contributed by atoms with E-state index in [4.69, 9.17) is 0 Å². The van der Waals surface area contributed by atoms with E-state index >= 15 is 0 Å². The number of nitrogens with one attached hydrogen (secondary N) is 3. The lowest BCUT2D eigenvalue weighted by molar-refractivity contribution is -0.385. The molecule has 0 bridgehead atoms. The van der Waals surface area contributed by atoms with Crippen LogP contribution in [0, 0.1) is 10.1 Å². The lowest BCUT2D eigenvalue weighted by atomic mass is 10.3. The van der Waals surface area contributed by atoms with E-state index in [1.54, 1.807) is 18.8 Å². The number of hydrogen-bond donors (Lipinski definition) is 3. The van der Waals surface area contributed by atoms with Crippen molar-refractivity contribution in [3.63, 3.8) is 0 Å². The van der Waals surface area contributed by atoms with E-state index in [0.717, 1.165) is 6.07 Å². The highest BCUT2D eigenvalue weighted by molar-refractivity contribution is 14.0. The number of guanidine groups is 1. The van der Waals surface area contributed by atoms with E-state index < -0.39 is 14.9 Å². The summed E-state index contributed by atoms with van der Waals surface area (Å²) >= 11 is 0. The van der Waals surface area contributed by atoms with Gasteiger partial charge in [0.1, 0.15) is 12.2 Å². The second-order valence-corrected chi connectivity index (χ2v) is 7.07. The fourth-order valence-corrected chi connectivity index (χ4v) is 3.15. The first kappa shape index (κ1) is 23.7. The summed E-state index contributed by atoms with van der Waals surface area (Å²) in [6.07, 6.45) is 1.44. The predicted molar refractivity (Wildman–Crippen MR) is 113 cm³/mol. The minimum Gasteiger partial charge on any atom is -0.355 e. The molecule has 2 aromatic rings. The fourth-order valence-electron chi connectivity index (χ4n) is 2.08. The van der Waals surface area contributed by atoms with Gasteiger partial charge in [-0.25, -0.2) is 18.1 Å². The van der Waals surface area contributed by atoms with E-state index in [2.05, 4.69) is 30.4 Å². The Kier molecular flexibility index (Phi) is 9.20. The van der Waals surface area contributed by atoms with E-state index in [1.165, 1.54) is 24.5 Å². The summed E-state index contributed by atoms with van der Waals surface area (Å²) in [6, 6.07) is 4.86. The number of benzene rings is 1. The predicted octanol–water partition coefficient (Wildman–Crippen LogP) is -0.0152. The van der Waals surface area contributed by atoms with Gasteiger partial charge in [0.25, 0.3) is 5.69 Å². The van der Waals surface area contributed by atoms with Crippen molar-refractivity contribution in [3.05, 3.63) is 46.5 Å². The van der Waals surface area contributed by atoms with Crippen LogP contribution in [0.1, 0.15) is 5.82 Å². The third-order valence-corrected chi connectivity index (χ3v) is 4.95. The summed E-state index contributed by atoms with van der Waals surface area (Å²) in [5, 5.41) is 20.7. The summed E-state index contributed by atoms with van der Waals surface area (Å²) in [4.78, 5) is 18.1. The molecule has 0 atom stereocenters. The standard InChI is InChI=1S/C14H20N8O4S.HI/c1-15-14(17-9-13-18-10-19-21(13)2)16-6-7-20-27(25,26)12-5-3-4-11(8-12)22(23)24;/h3-5,8,10,20H,6-7,9H2,1-2H3,(H2,15,16,17);1H.